The highest BCUT2D eigenvalue weighted by Crippen LogP contribution is 2.37. The van der Waals surface area contributed by atoms with E-state index in [1.165, 1.54) is 24.8 Å². The lowest BCUT2D eigenvalue weighted by Crippen LogP contribution is -2.38. The predicted molar refractivity (Wildman–Crippen MR) is 86.7 cm³/mol. The number of methoxy groups -OCH3 is 1. The fourth-order valence-electron chi connectivity index (χ4n) is 3.47. The van der Waals surface area contributed by atoms with E-state index in [2.05, 4.69) is 42.7 Å². The van der Waals surface area contributed by atoms with E-state index in [0.717, 1.165) is 13.0 Å². The van der Waals surface area contributed by atoms with E-state index in [4.69, 9.17) is 9.47 Å². The van der Waals surface area contributed by atoms with Crippen molar-refractivity contribution in [3.8, 4) is 0 Å². The molecule has 0 radical (unpaired) electrons. The highest BCUT2D eigenvalue weighted by molar-refractivity contribution is 5.20. The van der Waals surface area contributed by atoms with Gasteiger partial charge in [-0.05, 0) is 50.1 Å². The topological polar surface area (TPSA) is 30.5 Å². The summed E-state index contributed by atoms with van der Waals surface area (Å²) in [5, 5.41) is 3.50. The molecule has 3 atom stereocenters. The summed E-state index contributed by atoms with van der Waals surface area (Å²) in [6.07, 6.45) is 4.96. The van der Waals surface area contributed by atoms with Crippen molar-refractivity contribution < 1.29 is 9.47 Å². The lowest BCUT2D eigenvalue weighted by atomic mass is 9.74. The van der Waals surface area contributed by atoms with Gasteiger partial charge in [0.15, 0.2) is 0 Å². The molecule has 3 unspecified atom stereocenters. The molecule has 0 spiro atoms. The quantitative estimate of drug-likeness (QED) is 0.746. The Labute approximate surface area is 129 Å². The van der Waals surface area contributed by atoms with Crippen molar-refractivity contribution in [2.75, 3.05) is 34.0 Å². The van der Waals surface area contributed by atoms with Gasteiger partial charge in [-0.25, -0.2) is 0 Å². The lowest BCUT2D eigenvalue weighted by Gasteiger charge is -2.36. The van der Waals surface area contributed by atoms with Crippen LogP contribution in [-0.2, 0) is 9.47 Å². The van der Waals surface area contributed by atoms with Gasteiger partial charge in [-0.15, -0.1) is 0 Å². The van der Waals surface area contributed by atoms with Crippen LogP contribution in [0.15, 0.2) is 30.3 Å². The Morgan fingerprint density at radius 2 is 1.90 bits per heavy atom. The van der Waals surface area contributed by atoms with E-state index in [1.54, 1.807) is 7.11 Å². The van der Waals surface area contributed by atoms with E-state index in [1.807, 2.05) is 0 Å². The molecule has 1 fully saturated rings. The smallest absolute Gasteiger partial charge is 0.0700 e. The van der Waals surface area contributed by atoms with Gasteiger partial charge < -0.3 is 14.8 Å². The number of hydrogen-bond donors (Lipinski definition) is 1. The molecule has 1 aliphatic carbocycles. The fraction of sp³-hybridized carbons (Fsp3) is 0.667. The van der Waals surface area contributed by atoms with Gasteiger partial charge in [-0.3, -0.25) is 0 Å². The van der Waals surface area contributed by atoms with Crippen LogP contribution in [-0.4, -0.2) is 40.0 Å². The van der Waals surface area contributed by atoms with Gasteiger partial charge in [0.05, 0.1) is 13.2 Å². The zero-order chi connectivity index (χ0) is 14.9. The average molecular weight is 291 g/mol. The molecule has 1 aliphatic rings. The predicted octanol–water partition coefficient (Wildman–Crippen LogP) is 3.21. The molecule has 2 rings (SSSR count). The highest BCUT2D eigenvalue weighted by atomic mass is 16.5. The monoisotopic (exact) mass is 291 g/mol. The summed E-state index contributed by atoms with van der Waals surface area (Å²) in [7, 11) is 3.80. The molecule has 3 nitrogen and oxygen atoms in total. The summed E-state index contributed by atoms with van der Waals surface area (Å²) < 4.78 is 10.7. The maximum Gasteiger partial charge on any atom is 0.0700 e. The third-order valence-electron chi connectivity index (χ3n) is 4.69. The molecule has 0 heterocycles. The third-order valence-corrected chi connectivity index (χ3v) is 4.69. The Morgan fingerprint density at radius 1 is 1.10 bits per heavy atom. The minimum absolute atomic E-state index is 0.635. The Kier molecular flexibility index (Phi) is 7.20. The van der Waals surface area contributed by atoms with Crippen molar-refractivity contribution in [2.24, 2.45) is 5.92 Å². The zero-order valence-electron chi connectivity index (χ0n) is 13.4. The van der Waals surface area contributed by atoms with Crippen LogP contribution >= 0.6 is 0 Å². The second-order valence-electron chi connectivity index (χ2n) is 5.97. The maximum atomic E-state index is 5.66. The summed E-state index contributed by atoms with van der Waals surface area (Å²) in [5.41, 5.74) is 1.50. The summed E-state index contributed by atoms with van der Waals surface area (Å²) in [5.74, 6) is 1.41. The Bertz CT molecular complexity index is 382. The van der Waals surface area contributed by atoms with Crippen LogP contribution in [0.4, 0.5) is 0 Å². The van der Waals surface area contributed by atoms with Crippen LogP contribution < -0.4 is 5.32 Å². The van der Waals surface area contributed by atoms with Crippen molar-refractivity contribution in [3.05, 3.63) is 35.9 Å². The Balaban J connectivity index is 1.84. The number of nitrogens with one attached hydrogen (secondary N) is 1. The molecule has 0 amide bonds. The Morgan fingerprint density at radius 3 is 2.62 bits per heavy atom. The minimum atomic E-state index is 0.635. The fourth-order valence-corrected chi connectivity index (χ4v) is 3.47. The van der Waals surface area contributed by atoms with Gasteiger partial charge in [-0.2, -0.15) is 0 Å². The van der Waals surface area contributed by atoms with E-state index < -0.39 is 0 Å². The molecular weight excluding hydrogens is 262 g/mol. The highest BCUT2D eigenvalue weighted by Gasteiger charge is 2.29. The first kappa shape index (κ1) is 16.5. The van der Waals surface area contributed by atoms with Crippen molar-refractivity contribution in [3.63, 3.8) is 0 Å². The van der Waals surface area contributed by atoms with E-state index in [0.29, 0.717) is 31.1 Å². The molecule has 1 aromatic carbocycles. The molecule has 21 heavy (non-hydrogen) atoms. The van der Waals surface area contributed by atoms with Gasteiger partial charge in [0.2, 0.25) is 0 Å². The van der Waals surface area contributed by atoms with Gasteiger partial charge in [0, 0.05) is 19.8 Å². The summed E-state index contributed by atoms with van der Waals surface area (Å²) in [6.45, 7) is 2.23. The molecule has 118 valence electrons. The van der Waals surface area contributed by atoms with Crippen molar-refractivity contribution in [2.45, 2.75) is 37.6 Å². The first-order valence-electron chi connectivity index (χ1n) is 8.14. The number of hydrogen-bond acceptors (Lipinski definition) is 3. The molecule has 1 saturated carbocycles. The molecule has 3 heteroatoms. The molecule has 0 bridgehead atoms. The first-order chi connectivity index (χ1) is 10.3. The maximum absolute atomic E-state index is 5.66. The second kappa shape index (κ2) is 9.19. The van der Waals surface area contributed by atoms with E-state index in [-0.39, 0.29) is 0 Å². The van der Waals surface area contributed by atoms with Crippen molar-refractivity contribution in [1.29, 1.82) is 0 Å². The van der Waals surface area contributed by atoms with Gasteiger partial charge in [-0.1, -0.05) is 30.3 Å². The summed E-state index contributed by atoms with van der Waals surface area (Å²) >= 11 is 0. The van der Waals surface area contributed by atoms with Crippen LogP contribution in [0, 0.1) is 5.92 Å². The average Bonchev–Trinajstić information content (AvgIpc) is 2.55. The molecule has 1 N–H and O–H groups in total. The van der Waals surface area contributed by atoms with E-state index >= 15 is 0 Å². The van der Waals surface area contributed by atoms with Crippen LogP contribution in [0.3, 0.4) is 0 Å². The van der Waals surface area contributed by atoms with Crippen LogP contribution in [0.1, 0.15) is 37.2 Å². The third kappa shape index (κ3) is 5.10. The molecule has 0 aromatic heterocycles. The summed E-state index contributed by atoms with van der Waals surface area (Å²) in [4.78, 5) is 0. The van der Waals surface area contributed by atoms with Gasteiger partial charge >= 0.3 is 0 Å². The summed E-state index contributed by atoms with van der Waals surface area (Å²) in [6, 6.07) is 11.6. The van der Waals surface area contributed by atoms with Crippen molar-refractivity contribution >= 4 is 0 Å². The lowest BCUT2D eigenvalue weighted by molar-refractivity contribution is 0.0572. The molecular formula is C18H29NO2. The van der Waals surface area contributed by atoms with E-state index in [9.17, 15) is 0 Å². The Hall–Kier alpha value is -0.900. The van der Waals surface area contributed by atoms with Crippen LogP contribution in [0.2, 0.25) is 0 Å². The largest absolute Gasteiger partial charge is 0.382 e. The second-order valence-corrected chi connectivity index (χ2v) is 5.97. The van der Waals surface area contributed by atoms with Gasteiger partial charge in [0.1, 0.15) is 0 Å². The number of rotatable bonds is 8. The molecule has 0 saturated heterocycles. The minimum Gasteiger partial charge on any atom is -0.382 e. The van der Waals surface area contributed by atoms with Crippen LogP contribution in [0.5, 0.6) is 0 Å². The number of benzene rings is 1. The zero-order valence-corrected chi connectivity index (χ0v) is 13.4. The van der Waals surface area contributed by atoms with Crippen molar-refractivity contribution in [1.82, 2.24) is 5.32 Å². The normalized spacial score (nSPS) is 25.9. The molecule has 0 aliphatic heterocycles. The molecule has 1 aromatic rings. The number of ether oxygens (including phenoxy) is 2. The SMILES string of the molecule is CNC1CCC(c2ccccc2)CC1CCOCCOC. The first-order valence-corrected chi connectivity index (χ1v) is 8.14. The van der Waals surface area contributed by atoms with Crippen LogP contribution in [0.25, 0.3) is 0 Å². The standard InChI is InChI=1S/C18H29NO2/c1-19-18-9-8-16(15-6-4-3-5-7-15)14-17(18)10-11-21-13-12-20-2/h3-7,16-19H,8-14H2,1-2H3. The van der Waals surface area contributed by atoms with Gasteiger partial charge in [0.25, 0.3) is 0 Å².